The van der Waals surface area contributed by atoms with Gasteiger partial charge in [0.2, 0.25) is 0 Å². The molecule has 2 N–H and O–H groups in total. The van der Waals surface area contributed by atoms with Gasteiger partial charge in [0, 0.05) is 12.6 Å². The lowest BCUT2D eigenvalue weighted by molar-refractivity contribution is 0.249. The Morgan fingerprint density at radius 1 is 1.54 bits per heavy atom. The highest BCUT2D eigenvalue weighted by atomic mass is 16.3. The first-order valence-electron chi connectivity index (χ1n) is 4.95. The number of nitriles is 1. The number of rotatable bonds is 7. The van der Waals surface area contributed by atoms with Crippen LogP contribution in [-0.2, 0) is 0 Å². The van der Waals surface area contributed by atoms with Gasteiger partial charge in [0.15, 0.2) is 0 Å². The number of aliphatic hydroxyl groups excluding tert-OH is 1. The number of hydrogen-bond acceptors (Lipinski definition) is 3. The molecule has 13 heavy (non-hydrogen) atoms. The van der Waals surface area contributed by atoms with E-state index in [2.05, 4.69) is 18.3 Å². The molecule has 0 aromatic carbocycles. The lowest BCUT2D eigenvalue weighted by Crippen LogP contribution is -2.31. The molecule has 2 atom stereocenters. The van der Waals surface area contributed by atoms with Crippen molar-refractivity contribution in [2.75, 3.05) is 13.2 Å². The predicted molar refractivity (Wildman–Crippen MR) is 53.2 cm³/mol. The average molecular weight is 184 g/mol. The van der Waals surface area contributed by atoms with Crippen molar-refractivity contribution in [2.24, 2.45) is 5.92 Å². The molecule has 0 aromatic heterocycles. The van der Waals surface area contributed by atoms with Crippen molar-refractivity contribution < 1.29 is 5.11 Å². The summed E-state index contributed by atoms with van der Waals surface area (Å²) in [4.78, 5) is 0. The van der Waals surface area contributed by atoms with Crippen molar-refractivity contribution in [3.8, 4) is 6.07 Å². The molecule has 0 radical (unpaired) electrons. The number of nitrogens with one attached hydrogen (secondary N) is 1. The Bertz CT molecular complexity index is 153. The fraction of sp³-hybridized carbons (Fsp3) is 0.900. The van der Waals surface area contributed by atoms with E-state index in [1.165, 1.54) is 0 Å². The van der Waals surface area contributed by atoms with Crippen LogP contribution in [0.1, 0.15) is 33.1 Å². The van der Waals surface area contributed by atoms with Gasteiger partial charge in [-0.2, -0.15) is 5.26 Å². The summed E-state index contributed by atoms with van der Waals surface area (Å²) in [7, 11) is 0. The van der Waals surface area contributed by atoms with Crippen LogP contribution in [0.4, 0.5) is 0 Å². The molecule has 0 aromatic rings. The van der Waals surface area contributed by atoms with Crippen LogP contribution >= 0.6 is 0 Å². The van der Waals surface area contributed by atoms with Gasteiger partial charge in [-0.1, -0.05) is 13.3 Å². The molecule has 3 nitrogen and oxygen atoms in total. The smallest absolute Gasteiger partial charge is 0.0638 e. The van der Waals surface area contributed by atoms with E-state index in [9.17, 15) is 0 Å². The molecule has 0 aliphatic heterocycles. The highest BCUT2D eigenvalue weighted by Gasteiger charge is 2.07. The van der Waals surface area contributed by atoms with E-state index in [-0.39, 0.29) is 12.6 Å². The van der Waals surface area contributed by atoms with Gasteiger partial charge in [-0.3, -0.25) is 0 Å². The van der Waals surface area contributed by atoms with Crippen molar-refractivity contribution in [1.82, 2.24) is 5.32 Å². The zero-order valence-corrected chi connectivity index (χ0v) is 8.58. The van der Waals surface area contributed by atoms with Crippen LogP contribution in [0.5, 0.6) is 0 Å². The second-order valence-corrected chi connectivity index (χ2v) is 3.46. The zero-order chi connectivity index (χ0) is 10.1. The molecule has 0 spiro atoms. The third kappa shape index (κ3) is 6.56. The molecule has 0 saturated heterocycles. The minimum Gasteiger partial charge on any atom is -0.396 e. The Morgan fingerprint density at radius 2 is 2.23 bits per heavy atom. The summed E-state index contributed by atoms with van der Waals surface area (Å²) in [5, 5.41) is 20.5. The number of nitrogens with zero attached hydrogens (tertiary/aromatic N) is 1. The van der Waals surface area contributed by atoms with E-state index in [4.69, 9.17) is 10.4 Å². The molecule has 0 heterocycles. The van der Waals surface area contributed by atoms with Crippen molar-refractivity contribution in [2.45, 2.75) is 39.2 Å². The normalized spacial score (nSPS) is 14.9. The van der Waals surface area contributed by atoms with Gasteiger partial charge in [0.25, 0.3) is 0 Å². The standard InChI is InChI=1S/C10H20N2O/c1-3-10(5-7-13)8-12-9(2)4-6-11/h9-10,12-13H,3-5,7-8H2,1-2H3. The highest BCUT2D eigenvalue weighted by molar-refractivity contribution is 4.78. The molecule has 0 amide bonds. The average Bonchev–Trinajstić information content (AvgIpc) is 2.12. The third-order valence-electron chi connectivity index (χ3n) is 2.27. The van der Waals surface area contributed by atoms with Crippen molar-refractivity contribution in [1.29, 1.82) is 5.26 Å². The Morgan fingerprint density at radius 3 is 2.69 bits per heavy atom. The topological polar surface area (TPSA) is 56.0 Å². The van der Waals surface area contributed by atoms with Crippen LogP contribution in [0.15, 0.2) is 0 Å². The Kier molecular flexibility index (Phi) is 7.66. The molecule has 0 aliphatic carbocycles. The van der Waals surface area contributed by atoms with E-state index in [1.54, 1.807) is 0 Å². The van der Waals surface area contributed by atoms with Crippen LogP contribution in [0, 0.1) is 17.2 Å². The van der Waals surface area contributed by atoms with E-state index in [0.29, 0.717) is 12.3 Å². The first kappa shape index (κ1) is 12.4. The van der Waals surface area contributed by atoms with E-state index in [1.807, 2.05) is 6.92 Å². The third-order valence-corrected chi connectivity index (χ3v) is 2.27. The maximum atomic E-state index is 8.76. The molecule has 0 rings (SSSR count). The van der Waals surface area contributed by atoms with Crippen molar-refractivity contribution in [3.05, 3.63) is 0 Å². The molecule has 0 fully saturated rings. The number of hydrogen-bond donors (Lipinski definition) is 2. The summed E-state index contributed by atoms with van der Waals surface area (Å²) >= 11 is 0. The Hall–Kier alpha value is -0.590. The van der Waals surface area contributed by atoms with Gasteiger partial charge in [-0.05, 0) is 25.8 Å². The molecular formula is C10H20N2O. The quantitative estimate of drug-likeness (QED) is 0.627. The fourth-order valence-electron chi connectivity index (χ4n) is 1.21. The summed E-state index contributed by atoms with van der Waals surface area (Å²) in [5.74, 6) is 0.533. The molecular weight excluding hydrogens is 164 g/mol. The first-order valence-corrected chi connectivity index (χ1v) is 4.95. The van der Waals surface area contributed by atoms with Gasteiger partial charge < -0.3 is 10.4 Å². The second-order valence-electron chi connectivity index (χ2n) is 3.46. The van der Waals surface area contributed by atoms with E-state index in [0.717, 1.165) is 19.4 Å². The molecule has 3 heteroatoms. The van der Waals surface area contributed by atoms with Crippen molar-refractivity contribution in [3.63, 3.8) is 0 Å². The predicted octanol–water partition coefficient (Wildman–Crippen LogP) is 1.29. The van der Waals surface area contributed by atoms with Gasteiger partial charge in [-0.25, -0.2) is 0 Å². The van der Waals surface area contributed by atoms with Crippen molar-refractivity contribution >= 4 is 0 Å². The van der Waals surface area contributed by atoms with Gasteiger partial charge in [0.05, 0.1) is 12.5 Å². The van der Waals surface area contributed by atoms with Crippen LogP contribution in [0.2, 0.25) is 0 Å². The fourth-order valence-corrected chi connectivity index (χ4v) is 1.21. The van der Waals surface area contributed by atoms with Crippen LogP contribution < -0.4 is 5.32 Å². The molecule has 0 saturated carbocycles. The summed E-state index contributed by atoms with van der Waals surface area (Å²) in [6.45, 7) is 5.29. The van der Waals surface area contributed by atoms with Gasteiger partial charge >= 0.3 is 0 Å². The lowest BCUT2D eigenvalue weighted by atomic mass is 10.0. The summed E-state index contributed by atoms with van der Waals surface area (Å²) in [5.41, 5.74) is 0. The summed E-state index contributed by atoms with van der Waals surface area (Å²) < 4.78 is 0. The highest BCUT2D eigenvalue weighted by Crippen LogP contribution is 2.06. The van der Waals surface area contributed by atoms with Crippen LogP contribution in [-0.4, -0.2) is 24.3 Å². The Balaban J connectivity index is 3.53. The largest absolute Gasteiger partial charge is 0.396 e. The zero-order valence-electron chi connectivity index (χ0n) is 8.58. The van der Waals surface area contributed by atoms with E-state index < -0.39 is 0 Å². The second kappa shape index (κ2) is 8.03. The molecule has 76 valence electrons. The SMILES string of the molecule is CCC(CCO)CNC(C)CC#N. The molecule has 0 bridgehead atoms. The van der Waals surface area contributed by atoms with Gasteiger partial charge in [0.1, 0.15) is 0 Å². The van der Waals surface area contributed by atoms with Crippen LogP contribution in [0.3, 0.4) is 0 Å². The molecule has 2 unspecified atom stereocenters. The summed E-state index contributed by atoms with van der Waals surface area (Å²) in [6.07, 6.45) is 2.48. The first-order chi connectivity index (χ1) is 6.24. The minimum absolute atomic E-state index is 0.257. The van der Waals surface area contributed by atoms with Crippen LogP contribution in [0.25, 0.3) is 0 Å². The number of aliphatic hydroxyl groups is 1. The lowest BCUT2D eigenvalue weighted by Gasteiger charge is -2.17. The summed E-state index contributed by atoms with van der Waals surface area (Å²) in [6, 6.07) is 2.39. The maximum absolute atomic E-state index is 8.76. The maximum Gasteiger partial charge on any atom is 0.0638 e. The van der Waals surface area contributed by atoms with E-state index >= 15 is 0 Å². The van der Waals surface area contributed by atoms with Gasteiger partial charge in [-0.15, -0.1) is 0 Å². The molecule has 0 aliphatic rings. The Labute approximate surface area is 80.8 Å². The minimum atomic E-state index is 0.257. The monoisotopic (exact) mass is 184 g/mol.